The lowest BCUT2D eigenvalue weighted by Crippen LogP contribution is -2.35. The van der Waals surface area contributed by atoms with Crippen LogP contribution >= 0.6 is 11.3 Å². The van der Waals surface area contributed by atoms with Crippen LogP contribution in [0.5, 0.6) is 0 Å². The molecule has 1 fully saturated rings. The minimum atomic E-state index is 0.711. The average Bonchev–Trinajstić information content (AvgIpc) is 2.72. The molecule has 2 atom stereocenters. The predicted molar refractivity (Wildman–Crippen MR) is 60.7 cm³/mol. The van der Waals surface area contributed by atoms with Crippen molar-refractivity contribution in [3.05, 3.63) is 16.6 Å². The second-order valence-electron chi connectivity index (χ2n) is 4.06. The first kappa shape index (κ1) is 10.1. The maximum atomic E-state index is 4.46. The highest BCUT2D eigenvalue weighted by Gasteiger charge is 2.26. The summed E-state index contributed by atoms with van der Waals surface area (Å²) in [7, 11) is 0. The molecule has 1 saturated heterocycles. The normalized spacial score (nSPS) is 27.8. The Labute approximate surface area is 89.8 Å². The number of hydrogen-bond donors (Lipinski definition) is 1. The molecule has 14 heavy (non-hydrogen) atoms. The molecule has 1 aliphatic rings. The molecule has 0 radical (unpaired) electrons. The largest absolute Gasteiger partial charge is 0.316 e. The summed E-state index contributed by atoms with van der Waals surface area (Å²) < 4.78 is 0. The van der Waals surface area contributed by atoms with E-state index in [0.717, 1.165) is 12.5 Å². The smallest absolute Gasteiger partial charge is 0.0794 e. The average molecular weight is 210 g/mol. The third kappa shape index (κ3) is 2.15. The first-order valence-electron chi connectivity index (χ1n) is 5.50. The molecule has 0 aromatic carbocycles. The van der Waals surface area contributed by atoms with Gasteiger partial charge in [0.15, 0.2) is 0 Å². The Morgan fingerprint density at radius 3 is 3.29 bits per heavy atom. The fourth-order valence-electron chi connectivity index (χ4n) is 2.39. The van der Waals surface area contributed by atoms with E-state index < -0.39 is 0 Å². The van der Waals surface area contributed by atoms with Gasteiger partial charge in [-0.15, -0.1) is 11.3 Å². The van der Waals surface area contributed by atoms with Crippen molar-refractivity contribution in [2.75, 3.05) is 13.1 Å². The number of piperidine rings is 1. The number of nitrogens with one attached hydrogen (secondary N) is 1. The molecule has 0 spiro atoms. The van der Waals surface area contributed by atoms with Gasteiger partial charge in [0.05, 0.1) is 11.2 Å². The summed E-state index contributed by atoms with van der Waals surface area (Å²) in [5.41, 5.74) is 3.29. The van der Waals surface area contributed by atoms with E-state index in [9.17, 15) is 0 Å². The molecule has 0 amide bonds. The van der Waals surface area contributed by atoms with Gasteiger partial charge >= 0.3 is 0 Å². The van der Waals surface area contributed by atoms with Crippen LogP contribution in [0.25, 0.3) is 0 Å². The molecule has 2 unspecified atom stereocenters. The molecule has 1 aliphatic heterocycles. The summed E-state index contributed by atoms with van der Waals surface area (Å²) in [6.45, 7) is 4.60. The third-order valence-corrected chi connectivity index (χ3v) is 3.70. The van der Waals surface area contributed by atoms with Crippen LogP contribution in [0.1, 0.15) is 37.8 Å². The van der Waals surface area contributed by atoms with E-state index >= 15 is 0 Å². The lowest BCUT2D eigenvalue weighted by atomic mass is 9.82. The molecule has 0 bridgehead atoms. The molecular formula is C11H18N2S. The van der Waals surface area contributed by atoms with E-state index in [1.54, 1.807) is 11.3 Å². The molecule has 3 heteroatoms. The Kier molecular flexibility index (Phi) is 3.54. The molecule has 2 rings (SSSR count). The standard InChI is InChI=1S/C11H18N2S/c1-2-3-9-6-12-5-4-10(9)11-7-14-8-13-11/h7-10,12H,2-6H2,1H3. The molecule has 78 valence electrons. The zero-order chi connectivity index (χ0) is 9.80. The van der Waals surface area contributed by atoms with Crippen LogP contribution in [-0.2, 0) is 0 Å². The predicted octanol–water partition coefficient (Wildman–Crippen LogP) is 2.64. The fraction of sp³-hybridized carbons (Fsp3) is 0.727. The van der Waals surface area contributed by atoms with Crippen molar-refractivity contribution in [2.24, 2.45) is 5.92 Å². The molecule has 1 aromatic rings. The van der Waals surface area contributed by atoms with E-state index in [0.29, 0.717) is 5.92 Å². The van der Waals surface area contributed by atoms with Gasteiger partial charge in [-0.2, -0.15) is 0 Å². The summed E-state index contributed by atoms with van der Waals surface area (Å²) in [4.78, 5) is 4.46. The molecule has 0 aliphatic carbocycles. The topological polar surface area (TPSA) is 24.9 Å². The zero-order valence-electron chi connectivity index (χ0n) is 8.70. The number of aromatic nitrogens is 1. The van der Waals surface area contributed by atoms with Gasteiger partial charge < -0.3 is 5.32 Å². The molecule has 0 saturated carbocycles. The van der Waals surface area contributed by atoms with Crippen LogP contribution in [0.15, 0.2) is 10.9 Å². The van der Waals surface area contributed by atoms with E-state index in [2.05, 4.69) is 22.6 Å². The van der Waals surface area contributed by atoms with Gasteiger partial charge in [-0.3, -0.25) is 0 Å². The number of thiazole rings is 1. The minimum Gasteiger partial charge on any atom is -0.316 e. The Hall–Kier alpha value is -0.410. The quantitative estimate of drug-likeness (QED) is 0.829. The Bertz CT molecular complexity index is 256. The van der Waals surface area contributed by atoms with E-state index in [1.807, 2.05) is 5.51 Å². The lowest BCUT2D eigenvalue weighted by Gasteiger charge is -2.31. The Morgan fingerprint density at radius 2 is 2.57 bits per heavy atom. The monoisotopic (exact) mass is 210 g/mol. The molecule has 2 heterocycles. The number of nitrogens with zero attached hydrogens (tertiary/aromatic N) is 1. The summed E-state index contributed by atoms with van der Waals surface area (Å²) >= 11 is 1.72. The van der Waals surface area contributed by atoms with Crippen LogP contribution in [0.4, 0.5) is 0 Å². The van der Waals surface area contributed by atoms with E-state index in [4.69, 9.17) is 0 Å². The van der Waals surface area contributed by atoms with Gasteiger partial charge in [0, 0.05) is 11.3 Å². The van der Waals surface area contributed by atoms with Gasteiger partial charge in [0.1, 0.15) is 0 Å². The van der Waals surface area contributed by atoms with E-state index in [1.165, 1.54) is 31.5 Å². The maximum absolute atomic E-state index is 4.46. The number of hydrogen-bond acceptors (Lipinski definition) is 3. The second-order valence-corrected chi connectivity index (χ2v) is 4.78. The van der Waals surface area contributed by atoms with Crippen molar-refractivity contribution < 1.29 is 0 Å². The molecule has 1 aromatic heterocycles. The van der Waals surface area contributed by atoms with Crippen LogP contribution < -0.4 is 5.32 Å². The summed E-state index contributed by atoms with van der Waals surface area (Å²) in [5.74, 6) is 1.51. The minimum absolute atomic E-state index is 0.711. The van der Waals surface area contributed by atoms with Crippen LogP contribution in [0.2, 0.25) is 0 Å². The third-order valence-electron chi connectivity index (χ3n) is 3.10. The maximum Gasteiger partial charge on any atom is 0.0794 e. The fourth-order valence-corrected chi connectivity index (χ4v) is 3.01. The van der Waals surface area contributed by atoms with Gasteiger partial charge in [-0.1, -0.05) is 13.3 Å². The zero-order valence-corrected chi connectivity index (χ0v) is 9.52. The second kappa shape index (κ2) is 4.89. The van der Waals surface area contributed by atoms with Crippen molar-refractivity contribution in [3.63, 3.8) is 0 Å². The highest BCUT2D eigenvalue weighted by molar-refractivity contribution is 7.07. The van der Waals surface area contributed by atoms with Gasteiger partial charge in [0.2, 0.25) is 0 Å². The van der Waals surface area contributed by atoms with Crippen molar-refractivity contribution in [2.45, 2.75) is 32.1 Å². The number of rotatable bonds is 3. The Morgan fingerprint density at radius 1 is 1.64 bits per heavy atom. The van der Waals surface area contributed by atoms with Crippen molar-refractivity contribution in [1.82, 2.24) is 10.3 Å². The first-order chi connectivity index (χ1) is 6.92. The van der Waals surface area contributed by atoms with Crippen molar-refractivity contribution in [3.8, 4) is 0 Å². The molecule has 1 N–H and O–H groups in total. The highest BCUT2D eigenvalue weighted by Crippen LogP contribution is 2.32. The van der Waals surface area contributed by atoms with Crippen LogP contribution in [-0.4, -0.2) is 18.1 Å². The van der Waals surface area contributed by atoms with Gasteiger partial charge in [0.25, 0.3) is 0 Å². The van der Waals surface area contributed by atoms with Gasteiger partial charge in [-0.05, 0) is 31.8 Å². The van der Waals surface area contributed by atoms with Crippen molar-refractivity contribution >= 4 is 11.3 Å². The summed E-state index contributed by atoms with van der Waals surface area (Å²) in [6, 6.07) is 0. The summed E-state index contributed by atoms with van der Waals surface area (Å²) in [6.07, 6.45) is 3.87. The lowest BCUT2D eigenvalue weighted by molar-refractivity contribution is 0.303. The first-order valence-corrected chi connectivity index (χ1v) is 6.45. The summed E-state index contributed by atoms with van der Waals surface area (Å²) in [5, 5.41) is 5.71. The van der Waals surface area contributed by atoms with E-state index in [-0.39, 0.29) is 0 Å². The van der Waals surface area contributed by atoms with Crippen LogP contribution in [0, 0.1) is 5.92 Å². The Balaban J connectivity index is 2.06. The highest BCUT2D eigenvalue weighted by atomic mass is 32.1. The molecule has 2 nitrogen and oxygen atoms in total. The van der Waals surface area contributed by atoms with Crippen molar-refractivity contribution in [1.29, 1.82) is 0 Å². The SMILES string of the molecule is CCCC1CNCCC1c1cscn1. The molecular weight excluding hydrogens is 192 g/mol. The van der Waals surface area contributed by atoms with Crippen LogP contribution in [0.3, 0.4) is 0 Å². The van der Waals surface area contributed by atoms with Gasteiger partial charge in [-0.25, -0.2) is 4.98 Å².